The van der Waals surface area contributed by atoms with E-state index in [1.54, 1.807) is 6.07 Å². The quantitative estimate of drug-likeness (QED) is 0.524. The van der Waals surface area contributed by atoms with Crippen molar-refractivity contribution >= 4 is 11.0 Å². The molecule has 1 heterocycles. The van der Waals surface area contributed by atoms with E-state index in [2.05, 4.69) is 31.0 Å². The van der Waals surface area contributed by atoms with Crippen LogP contribution in [0.25, 0.3) is 16.7 Å². The summed E-state index contributed by atoms with van der Waals surface area (Å²) < 4.78 is 38.8. The van der Waals surface area contributed by atoms with Crippen LogP contribution in [0.2, 0.25) is 0 Å². The van der Waals surface area contributed by atoms with Gasteiger partial charge in [0.15, 0.2) is 0 Å². The molecule has 150 valence electrons. The van der Waals surface area contributed by atoms with E-state index in [1.807, 2.05) is 12.1 Å². The molecule has 7 heteroatoms. The molecule has 0 aliphatic heterocycles. The highest BCUT2D eigenvalue weighted by molar-refractivity contribution is 5.75. The van der Waals surface area contributed by atoms with Crippen LogP contribution in [-0.2, 0) is 11.6 Å². The number of unbranched alkanes of at least 4 members (excludes halogenated alkanes) is 2. The number of hydrogen-bond donors (Lipinski definition) is 1. The topological polar surface area (TPSA) is 50.9 Å². The first-order chi connectivity index (χ1) is 13.1. The fourth-order valence-corrected chi connectivity index (χ4v) is 3.26. The number of phenolic OH excluding ortho intramolecular Hbond substituents is 1. The molecule has 2 aromatic carbocycles. The van der Waals surface area contributed by atoms with E-state index >= 15 is 0 Å². The number of aromatic hydroxyl groups is 1. The van der Waals surface area contributed by atoms with Crippen molar-refractivity contribution in [1.82, 2.24) is 15.0 Å². The van der Waals surface area contributed by atoms with Crippen molar-refractivity contribution in [3.8, 4) is 11.4 Å². The second-order valence-corrected chi connectivity index (χ2v) is 7.74. The van der Waals surface area contributed by atoms with E-state index in [0.29, 0.717) is 11.2 Å². The third-order valence-corrected chi connectivity index (χ3v) is 5.09. The average molecular weight is 391 g/mol. The van der Waals surface area contributed by atoms with Crippen molar-refractivity contribution < 1.29 is 18.3 Å². The second kappa shape index (κ2) is 7.45. The minimum Gasteiger partial charge on any atom is -0.506 e. The van der Waals surface area contributed by atoms with E-state index in [0.717, 1.165) is 43.4 Å². The van der Waals surface area contributed by atoms with Crippen molar-refractivity contribution in [2.75, 3.05) is 0 Å². The first kappa shape index (κ1) is 20.2. The number of alkyl halides is 3. The Morgan fingerprint density at radius 2 is 1.61 bits per heavy atom. The molecule has 0 amide bonds. The van der Waals surface area contributed by atoms with Crippen molar-refractivity contribution in [2.45, 2.75) is 58.0 Å². The van der Waals surface area contributed by atoms with Crippen LogP contribution >= 0.6 is 0 Å². The monoisotopic (exact) mass is 391 g/mol. The van der Waals surface area contributed by atoms with Crippen LogP contribution in [0, 0.1) is 0 Å². The van der Waals surface area contributed by atoms with Crippen LogP contribution in [0.4, 0.5) is 13.2 Å². The van der Waals surface area contributed by atoms with Gasteiger partial charge < -0.3 is 5.11 Å². The Morgan fingerprint density at radius 3 is 2.29 bits per heavy atom. The van der Waals surface area contributed by atoms with Crippen LogP contribution in [0.15, 0.2) is 36.4 Å². The number of nitrogens with zero attached hydrogens (tertiary/aromatic N) is 3. The third-order valence-electron chi connectivity index (χ3n) is 5.09. The molecule has 3 rings (SSSR count). The molecule has 0 unspecified atom stereocenters. The van der Waals surface area contributed by atoms with E-state index in [4.69, 9.17) is 0 Å². The van der Waals surface area contributed by atoms with Gasteiger partial charge in [-0.05, 0) is 47.7 Å². The maximum absolute atomic E-state index is 12.9. The molecule has 0 radical (unpaired) electrons. The van der Waals surface area contributed by atoms with Gasteiger partial charge in [0.1, 0.15) is 22.5 Å². The summed E-state index contributed by atoms with van der Waals surface area (Å²) in [6.45, 7) is 6.44. The van der Waals surface area contributed by atoms with Crippen LogP contribution < -0.4 is 0 Å². The van der Waals surface area contributed by atoms with Crippen LogP contribution in [0.1, 0.15) is 57.6 Å². The van der Waals surface area contributed by atoms with Gasteiger partial charge >= 0.3 is 6.18 Å². The normalized spacial score (nSPS) is 12.6. The Balaban J connectivity index is 1.99. The number of hydrogen-bond acceptors (Lipinski definition) is 3. The van der Waals surface area contributed by atoms with Gasteiger partial charge in [0.2, 0.25) is 0 Å². The predicted octanol–water partition coefficient (Wildman–Crippen LogP) is 6.00. The standard InChI is InChI=1S/C21H24F3N3O/c1-4-5-6-11-20(2,3)14-8-10-19(28)18(13-14)27-25-16-9-7-15(21(22,23)24)12-17(16)26-27/h7-10,12-13,28H,4-6,11H2,1-3H3. The van der Waals surface area contributed by atoms with Crippen LogP contribution in [0.5, 0.6) is 5.75 Å². The molecule has 3 aromatic rings. The zero-order valence-corrected chi connectivity index (χ0v) is 16.2. The molecule has 0 saturated carbocycles. The summed E-state index contributed by atoms with van der Waals surface area (Å²) in [6.07, 6.45) is -0.0521. The van der Waals surface area contributed by atoms with Gasteiger partial charge in [-0.25, -0.2) is 0 Å². The molecule has 4 nitrogen and oxygen atoms in total. The summed E-state index contributed by atoms with van der Waals surface area (Å²) in [5.74, 6) is -0.0236. The lowest BCUT2D eigenvalue weighted by molar-refractivity contribution is -0.137. The molecule has 0 aliphatic carbocycles. The molecule has 1 aromatic heterocycles. The molecule has 0 spiro atoms. The van der Waals surface area contributed by atoms with E-state index < -0.39 is 11.7 Å². The molecule has 0 aliphatic rings. The van der Waals surface area contributed by atoms with E-state index in [-0.39, 0.29) is 16.7 Å². The van der Waals surface area contributed by atoms with Crippen molar-refractivity contribution in [3.05, 3.63) is 47.5 Å². The zero-order chi connectivity index (χ0) is 20.5. The summed E-state index contributed by atoms with van der Waals surface area (Å²) in [5, 5.41) is 18.7. The number of phenols is 1. The fourth-order valence-electron chi connectivity index (χ4n) is 3.26. The summed E-state index contributed by atoms with van der Waals surface area (Å²) in [5.41, 5.74) is 0.955. The lowest BCUT2D eigenvalue weighted by atomic mass is 9.80. The summed E-state index contributed by atoms with van der Waals surface area (Å²) >= 11 is 0. The predicted molar refractivity (Wildman–Crippen MR) is 103 cm³/mol. The number of rotatable bonds is 6. The first-order valence-electron chi connectivity index (χ1n) is 9.40. The smallest absolute Gasteiger partial charge is 0.416 e. The molecular weight excluding hydrogens is 367 g/mol. The second-order valence-electron chi connectivity index (χ2n) is 7.74. The Hall–Kier alpha value is -2.57. The van der Waals surface area contributed by atoms with Crippen LogP contribution in [0.3, 0.4) is 0 Å². The minimum atomic E-state index is -4.44. The number of fused-ring (bicyclic) bond motifs is 1. The summed E-state index contributed by atoms with van der Waals surface area (Å²) in [7, 11) is 0. The Labute approximate surface area is 162 Å². The fraction of sp³-hybridized carbons (Fsp3) is 0.429. The zero-order valence-electron chi connectivity index (χ0n) is 16.2. The highest BCUT2D eigenvalue weighted by Crippen LogP contribution is 2.34. The summed E-state index contributed by atoms with van der Waals surface area (Å²) in [6, 6.07) is 8.50. The minimum absolute atomic E-state index is 0.0236. The Bertz CT molecular complexity index is 977. The van der Waals surface area contributed by atoms with Gasteiger partial charge in [0.25, 0.3) is 0 Å². The molecule has 1 N–H and O–H groups in total. The largest absolute Gasteiger partial charge is 0.506 e. The van der Waals surface area contributed by atoms with Gasteiger partial charge in [-0.15, -0.1) is 15.0 Å². The number of aromatic nitrogens is 3. The van der Waals surface area contributed by atoms with E-state index in [1.165, 1.54) is 10.9 Å². The van der Waals surface area contributed by atoms with Crippen molar-refractivity contribution in [3.63, 3.8) is 0 Å². The Kier molecular flexibility index (Phi) is 5.37. The molecule has 0 bridgehead atoms. The SMILES string of the molecule is CCCCCC(C)(C)c1ccc(O)c(-n2nc3ccc(C(F)(F)F)cc3n2)c1. The first-order valence-corrected chi connectivity index (χ1v) is 9.40. The van der Waals surface area contributed by atoms with E-state index in [9.17, 15) is 18.3 Å². The van der Waals surface area contributed by atoms with Crippen LogP contribution in [-0.4, -0.2) is 20.1 Å². The molecule has 0 saturated heterocycles. The molecular formula is C21H24F3N3O. The van der Waals surface area contributed by atoms with Gasteiger partial charge in [-0.1, -0.05) is 46.1 Å². The maximum atomic E-state index is 12.9. The van der Waals surface area contributed by atoms with Gasteiger partial charge in [-0.2, -0.15) is 13.2 Å². The van der Waals surface area contributed by atoms with Gasteiger partial charge in [0.05, 0.1) is 5.56 Å². The summed E-state index contributed by atoms with van der Waals surface area (Å²) in [4.78, 5) is 1.20. The molecule has 28 heavy (non-hydrogen) atoms. The molecule has 0 fully saturated rings. The van der Waals surface area contributed by atoms with Crippen molar-refractivity contribution in [1.29, 1.82) is 0 Å². The highest BCUT2D eigenvalue weighted by Gasteiger charge is 2.31. The lowest BCUT2D eigenvalue weighted by Crippen LogP contribution is -2.17. The maximum Gasteiger partial charge on any atom is 0.416 e. The average Bonchev–Trinajstić information content (AvgIpc) is 3.04. The molecule has 0 atom stereocenters. The lowest BCUT2D eigenvalue weighted by Gasteiger charge is -2.26. The highest BCUT2D eigenvalue weighted by atomic mass is 19.4. The third kappa shape index (κ3) is 4.13. The number of halogens is 3. The van der Waals surface area contributed by atoms with Gasteiger partial charge in [0, 0.05) is 0 Å². The van der Waals surface area contributed by atoms with Gasteiger partial charge in [-0.3, -0.25) is 0 Å². The number of benzene rings is 2. The Morgan fingerprint density at radius 1 is 0.929 bits per heavy atom. The van der Waals surface area contributed by atoms with Crippen molar-refractivity contribution in [2.24, 2.45) is 0 Å².